The summed E-state index contributed by atoms with van der Waals surface area (Å²) in [4.78, 5) is 49.5. The van der Waals surface area contributed by atoms with Gasteiger partial charge in [0.15, 0.2) is 0 Å². The van der Waals surface area contributed by atoms with Gasteiger partial charge in [0.2, 0.25) is 5.91 Å². The first-order valence-electron chi connectivity index (χ1n) is 12.9. The van der Waals surface area contributed by atoms with Crippen LogP contribution in [0.2, 0.25) is 0 Å². The number of carbonyl (C=O) groups is 2. The minimum absolute atomic E-state index is 0.00504. The fourth-order valence-corrected chi connectivity index (χ4v) is 5.47. The van der Waals surface area contributed by atoms with Crippen molar-refractivity contribution in [2.75, 3.05) is 52.5 Å². The number of ether oxygens (including phenoxy) is 1. The van der Waals surface area contributed by atoms with Crippen LogP contribution in [0.25, 0.3) is 10.9 Å². The fraction of sp³-hybridized carbons (Fsp3) is 0.615. The van der Waals surface area contributed by atoms with Crippen molar-refractivity contribution in [3.05, 3.63) is 40.4 Å². The zero-order valence-corrected chi connectivity index (χ0v) is 20.5. The van der Waals surface area contributed by atoms with E-state index in [1.165, 1.54) is 10.9 Å². The third kappa shape index (κ3) is 5.26. The molecule has 35 heavy (non-hydrogen) atoms. The number of fused-ring (bicyclic) bond motifs is 1. The largest absolute Gasteiger partial charge is 0.379 e. The van der Waals surface area contributed by atoms with Crippen LogP contribution >= 0.6 is 0 Å². The summed E-state index contributed by atoms with van der Waals surface area (Å²) in [5, 5.41) is 0.426. The molecule has 188 valence electrons. The maximum Gasteiger partial charge on any atom is 0.261 e. The number of hydrogen-bond donors (Lipinski definition) is 0. The molecule has 9 nitrogen and oxygen atoms in total. The smallest absolute Gasteiger partial charge is 0.261 e. The van der Waals surface area contributed by atoms with Gasteiger partial charge in [-0.25, -0.2) is 4.98 Å². The lowest BCUT2D eigenvalue weighted by Gasteiger charge is -2.40. The molecule has 0 unspecified atom stereocenters. The summed E-state index contributed by atoms with van der Waals surface area (Å²) >= 11 is 0. The van der Waals surface area contributed by atoms with Gasteiger partial charge in [0, 0.05) is 50.9 Å². The predicted molar refractivity (Wildman–Crippen MR) is 132 cm³/mol. The van der Waals surface area contributed by atoms with E-state index < -0.39 is 0 Å². The Morgan fingerprint density at radius 1 is 0.971 bits per heavy atom. The van der Waals surface area contributed by atoms with E-state index in [9.17, 15) is 14.4 Å². The topological polar surface area (TPSA) is 88.0 Å². The maximum atomic E-state index is 13.2. The molecule has 3 aliphatic heterocycles. The zero-order valence-electron chi connectivity index (χ0n) is 20.5. The van der Waals surface area contributed by atoms with Crippen molar-refractivity contribution in [1.82, 2.24) is 24.3 Å². The van der Waals surface area contributed by atoms with E-state index in [1.54, 1.807) is 18.2 Å². The van der Waals surface area contributed by atoms with Crippen molar-refractivity contribution in [3.63, 3.8) is 0 Å². The molecule has 5 rings (SSSR count). The molecule has 3 aliphatic rings. The van der Waals surface area contributed by atoms with Crippen LogP contribution in [-0.4, -0.2) is 94.6 Å². The van der Waals surface area contributed by atoms with Gasteiger partial charge in [-0.1, -0.05) is 6.92 Å². The van der Waals surface area contributed by atoms with Gasteiger partial charge in [0.25, 0.3) is 11.5 Å². The minimum atomic E-state index is -0.251. The Hall–Kier alpha value is -2.78. The van der Waals surface area contributed by atoms with Crippen LogP contribution in [0.15, 0.2) is 29.3 Å². The molecule has 4 heterocycles. The van der Waals surface area contributed by atoms with Gasteiger partial charge >= 0.3 is 0 Å². The molecule has 9 heteroatoms. The molecular formula is C26H35N5O4. The number of benzene rings is 1. The van der Waals surface area contributed by atoms with Crippen LogP contribution in [0, 0.1) is 5.92 Å². The third-order valence-corrected chi connectivity index (χ3v) is 7.83. The van der Waals surface area contributed by atoms with E-state index in [-0.39, 0.29) is 23.9 Å². The minimum Gasteiger partial charge on any atom is -0.379 e. The van der Waals surface area contributed by atoms with Crippen molar-refractivity contribution in [1.29, 1.82) is 0 Å². The van der Waals surface area contributed by atoms with Crippen molar-refractivity contribution >= 4 is 22.7 Å². The lowest BCUT2D eigenvalue weighted by atomic mass is 9.99. The summed E-state index contributed by atoms with van der Waals surface area (Å²) in [6.07, 6.45) is 5.35. The van der Waals surface area contributed by atoms with Crippen LogP contribution in [0.3, 0.4) is 0 Å². The summed E-state index contributed by atoms with van der Waals surface area (Å²) in [6.45, 7) is 8.64. The molecular weight excluding hydrogens is 446 g/mol. The Morgan fingerprint density at radius 2 is 1.66 bits per heavy atom. The summed E-state index contributed by atoms with van der Waals surface area (Å²) < 4.78 is 6.83. The molecule has 0 radical (unpaired) electrons. The Bertz CT molecular complexity index is 1130. The van der Waals surface area contributed by atoms with E-state index in [0.717, 1.165) is 78.2 Å². The lowest BCUT2D eigenvalue weighted by molar-refractivity contribution is -0.133. The first-order chi connectivity index (χ1) is 17.0. The number of amides is 2. The number of hydrogen-bond acceptors (Lipinski definition) is 6. The summed E-state index contributed by atoms with van der Waals surface area (Å²) in [5.41, 5.74) is 0.782. The average Bonchev–Trinajstić information content (AvgIpc) is 2.90. The number of aromatic nitrogens is 2. The molecule has 3 saturated heterocycles. The summed E-state index contributed by atoms with van der Waals surface area (Å²) in [5.74, 6) is 0.567. The summed E-state index contributed by atoms with van der Waals surface area (Å²) in [7, 11) is 0. The van der Waals surface area contributed by atoms with E-state index in [1.807, 2.05) is 9.80 Å². The van der Waals surface area contributed by atoms with Crippen LogP contribution in [-0.2, 0) is 16.1 Å². The van der Waals surface area contributed by atoms with Crippen molar-refractivity contribution in [3.8, 4) is 0 Å². The van der Waals surface area contributed by atoms with Crippen LogP contribution in [0.1, 0.15) is 43.0 Å². The molecule has 0 spiro atoms. The Labute approximate surface area is 205 Å². The number of carbonyl (C=O) groups excluding carboxylic acids is 2. The van der Waals surface area contributed by atoms with E-state index in [0.29, 0.717) is 28.4 Å². The second-order valence-electron chi connectivity index (χ2n) is 10.1. The maximum absolute atomic E-state index is 13.2. The van der Waals surface area contributed by atoms with Gasteiger partial charge in [-0.15, -0.1) is 0 Å². The average molecular weight is 482 g/mol. The highest BCUT2D eigenvalue weighted by molar-refractivity contribution is 5.97. The highest BCUT2D eigenvalue weighted by Crippen LogP contribution is 2.21. The van der Waals surface area contributed by atoms with Crippen LogP contribution < -0.4 is 5.56 Å². The number of likely N-dealkylation sites (tertiary alicyclic amines) is 2. The molecule has 2 amide bonds. The van der Waals surface area contributed by atoms with E-state index in [2.05, 4.69) is 16.8 Å². The molecule has 0 saturated carbocycles. The lowest BCUT2D eigenvalue weighted by Crippen LogP contribution is -2.50. The van der Waals surface area contributed by atoms with Gasteiger partial charge in [0.1, 0.15) is 6.54 Å². The summed E-state index contributed by atoms with van der Waals surface area (Å²) in [6, 6.07) is 5.59. The van der Waals surface area contributed by atoms with Gasteiger partial charge in [-0.3, -0.25) is 23.9 Å². The molecule has 0 bridgehead atoms. The second kappa shape index (κ2) is 10.5. The predicted octanol–water partition coefficient (Wildman–Crippen LogP) is 1.59. The molecule has 3 fully saturated rings. The Morgan fingerprint density at radius 3 is 2.37 bits per heavy atom. The van der Waals surface area contributed by atoms with Gasteiger partial charge in [0.05, 0.1) is 30.4 Å². The molecule has 0 atom stereocenters. The molecule has 0 aliphatic carbocycles. The number of nitrogens with zero attached hydrogens (tertiary/aromatic N) is 5. The van der Waals surface area contributed by atoms with Crippen LogP contribution in [0.5, 0.6) is 0 Å². The fourth-order valence-electron chi connectivity index (χ4n) is 5.47. The van der Waals surface area contributed by atoms with Gasteiger partial charge in [-0.2, -0.15) is 0 Å². The molecule has 1 aromatic heterocycles. The number of morpholine rings is 1. The first kappa shape index (κ1) is 23.9. The standard InChI is InChI=1S/C26H35N5O4/c1-19-4-8-29(9-5-19)24(32)17-31-18-27-23-16-20(2-3-22(23)26(31)34)25(33)30-10-6-21(7-11-30)28-12-14-35-15-13-28/h2-3,16,18-19,21H,4-15,17H2,1H3. The van der Waals surface area contributed by atoms with Gasteiger partial charge < -0.3 is 14.5 Å². The molecule has 2 aromatic rings. The Kier molecular flexibility index (Phi) is 7.15. The van der Waals surface area contributed by atoms with Crippen molar-refractivity contribution in [2.45, 2.75) is 45.2 Å². The highest BCUT2D eigenvalue weighted by atomic mass is 16.5. The van der Waals surface area contributed by atoms with E-state index in [4.69, 9.17) is 4.74 Å². The SMILES string of the molecule is CC1CCN(C(=O)Cn2cnc3cc(C(=O)N4CCC(N5CCOCC5)CC4)ccc3c2=O)CC1. The number of piperidine rings is 2. The van der Waals surface area contributed by atoms with E-state index >= 15 is 0 Å². The number of rotatable bonds is 4. The quantitative estimate of drug-likeness (QED) is 0.659. The molecule has 0 N–H and O–H groups in total. The van der Waals surface area contributed by atoms with Crippen molar-refractivity contribution in [2.24, 2.45) is 5.92 Å². The monoisotopic (exact) mass is 481 g/mol. The van der Waals surface area contributed by atoms with Crippen molar-refractivity contribution < 1.29 is 14.3 Å². The van der Waals surface area contributed by atoms with Crippen LogP contribution in [0.4, 0.5) is 0 Å². The zero-order chi connectivity index (χ0) is 24.4. The highest BCUT2D eigenvalue weighted by Gasteiger charge is 2.28. The normalized spacial score (nSPS) is 20.9. The second-order valence-corrected chi connectivity index (χ2v) is 10.1. The van der Waals surface area contributed by atoms with Gasteiger partial charge in [-0.05, 0) is 49.8 Å². The molecule has 1 aromatic carbocycles. The Balaban J connectivity index is 1.24. The first-order valence-corrected chi connectivity index (χ1v) is 12.9. The third-order valence-electron chi connectivity index (χ3n) is 7.83.